The first-order valence-electron chi connectivity index (χ1n) is 2.22. The first-order valence-corrected chi connectivity index (χ1v) is 11.4. The zero-order valence-electron chi connectivity index (χ0n) is 4.24. The number of hydrogen-bond donors (Lipinski definition) is 0. The van der Waals surface area contributed by atoms with Crippen molar-refractivity contribution in [2.24, 2.45) is 0 Å². The maximum absolute atomic E-state index is 5.85. The van der Waals surface area contributed by atoms with E-state index in [-0.39, 0.29) is 0 Å². The molecule has 0 nitrogen and oxygen atoms in total. The predicted octanol–water partition coefficient (Wildman–Crippen LogP) is 2.26. The van der Waals surface area contributed by atoms with Crippen LogP contribution in [-0.2, 0) is 0 Å². The summed E-state index contributed by atoms with van der Waals surface area (Å²) >= 11 is -1.20. The molecule has 0 amide bonds. The maximum atomic E-state index is 5.85. The van der Waals surface area contributed by atoms with E-state index in [0.29, 0.717) is 0 Å². The van der Waals surface area contributed by atoms with Gasteiger partial charge in [-0.1, -0.05) is 0 Å². The first kappa shape index (κ1) is 7.17. The summed E-state index contributed by atoms with van der Waals surface area (Å²) < 4.78 is 2.60. The van der Waals surface area contributed by atoms with Crippen molar-refractivity contribution in [3.05, 3.63) is 0 Å². The Kier molecular flexibility index (Phi) is 5.18. The number of halogens is 1. The van der Waals surface area contributed by atoms with Crippen molar-refractivity contribution in [3.63, 3.8) is 0 Å². The summed E-state index contributed by atoms with van der Waals surface area (Å²) in [6, 6.07) is 0. The zero-order chi connectivity index (χ0) is 4.99. The van der Waals surface area contributed by atoms with E-state index < -0.39 is 20.6 Å². The van der Waals surface area contributed by atoms with Gasteiger partial charge in [-0.3, -0.25) is 0 Å². The van der Waals surface area contributed by atoms with E-state index in [2.05, 4.69) is 13.8 Å². The van der Waals surface area contributed by atoms with Gasteiger partial charge in [0, 0.05) is 0 Å². The van der Waals surface area contributed by atoms with E-state index in [1.165, 1.54) is 8.26 Å². The molecule has 0 bridgehead atoms. The molecule has 0 atom stereocenters. The van der Waals surface area contributed by atoms with Gasteiger partial charge >= 0.3 is 51.2 Å². The molecule has 2 heteroatoms. The van der Waals surface area contributed by atoms with Gasteiger partial charge in [-0.25, -0.2) is 0 Å². The van der Waals surface area contributed by atoms with E-state index >= 15 is 0 Å². The molecule has 0 N–H and O–H groups in total. The van der Waals surface area contributed by atoms with Crippen molar-refractivity contribution < 1.29 is 0 Å². The molecule has 0 fully saturated rings. The van der Waals surface area contributed by atoms with E-state index in [9.17, 15) is 0 Å². The fourth-order valence-corrected chi connectivity index (χ4v) is 1.96. The van der Waals surface area contributed by atoms with Crippen LogP contribution in [0.25, 0.3) is 0 Å². The monoisotopic (exact) mass is 302 g/mol. The van der Waals surface area contributed by atoms with Gasteiger partial charge in [0.1, 0.15) is 0 Å². The summed E-state index contributed by atoms with van der Waals surface area (Å²) in [5.41, 5.74) is 0. The van der Waals surface area contributed by atoms with E-state index in [4.69, 9.17) is 8.51 Å². The Morgan fingerprint density at radius 3 is 1.67 bits per heavy atom. The molecule has 0 radical (unpaired) electrons. The summed E-state index contributed by atoms with van der Waals surface area (Å²) in [4.78, 5) is 0. The minimum absolute atomic E-state index is 1.20. The van der Waals surface area contributed by atoms with Crippen LogP contribution in [-0.4, -0.2) is 20.6 Å². The second-order valence-electron chi connectivity index (χ2n) is 1.10. The Bertz CT molecular complexity index is 26.7. The molecular formula is C4H10BiCl. The van der Waals surface area contributed by atoms with Crippen molar-refractivity contribution in [1.82, 2.24) is 0 Å². The van der Waals surface area contributed by atoms with Crippen LogP contribution >= 0.6 is 8.51 Å². The molecule has 0 saturated carbocycles. The van der Waals surface area contributed by atoms with Gasteiger partial charge in [0.05, 0.1) is 0 Å². The summed E-state index contributed by atoms with van der Waals surface area (Å²) in [5.74, 6) is 0. The number of rotatable bonds is 2. The third kappa shape index (κ3) is 3.37. The van der Waals surface area contributed by atoms with Crippen LogP contribution < -0.4 is 0 Å². The van der Waals surface area contributed by atoms with Crippen molar-refractivity contribution in [2.45, 2.75) is 22.1 Å². The van der Waals surface area contributed by atoms with Gasteiger partial charge in [-0.05, 0) is 0 Å². The standard InChI is InChI=1S/2C2H5.Bi.ClH/c2*1-2;;/h2*1H2,2H3;;1H/q;;+1;/p-1. The second-order valence-corrected chi connectivity index (χ2v) is 13.8. The van der Waals surface area contributed by atoms with Gasteiger partial charge in [-0.2, -0.15) is 0 Å². The molecule has 0 rings (SSSR count). The summed E-state index contributed by atoms with van der Waals surface area (Å²) in [6.07, 6.45) is 0. The van der Waals surface area contributed by atoms with Crippen molar-refractivity contribution in [1.29, 1.82) is 0 Å². The molecule has 0 spiro atoms. The van der Waals surface area contributed by atoms with Crippen LogP contribution in [0.5, 0.6) is 0 Å². The first-order chi connectivity index (χ1) is 2.81. The molecule has 0 aliphatic heterocycles. The minimum atomic E-state index is -1.20. The van der Waals surface area contributed by atoms with Crippen LogP contribution in [0.1, 0.15) is 13.8 Å². The summed E-state index contributed by atoms with van der Waals surface area (Å²) in [6.45, 7) is 4.38. The fraction of sp³-hybridized carbons (Fsp3) is 1.00. The molecule has 0 aliphatic rings. The van der Waals surface area contributed by atoms with Gasteiger partial charge < -0.3 is 0 Å². The molecular weight excluding hydrogens is 292 g/mol. The normalized spacial score (nSPS) is 10.0. The van der Waals surface area contributed by atoms with Crippen LogP contribution in [0, 0.1) is 0 Å². The molecule has 38 valence electrons. The van der Waals surface area contributed by atoms with Crippen molar-refractivity contribution in [2.75, 3.05) is 0 Å². The molecule has 0 heterocycles. The van der Waals surface area contributed by atoms with Crippen LogP contribution in [0.15, 0.2) is 0 Å². The van der Waals surface area contributed by atoms with Crippen LogP contribution in [0.4, 0.5) is 0 Å². The SMILES string of the molecule is C[CH2][Bi]([Cl])[CH2]C. The third-order valence-corrected chi connectivity index (χ3v) is 10.2. The molecule has 6 heavy (non-hydrogen) atoms. The van der Waals surface area contributed by atoms with E-state index in [1.807, 2.05) is 0 Å². The van der Waals surface area contributed by atoms with Gasteiger partial charge in [0.2, 0.25) is 0 Å². The van der Waals surface area contributed by atoms with E-state index in [0.717, 1.165) is 0 Å². The Hall–Kier alpha value is 1.17. The summed E-state index contributed by atoms with van der Waals surface area (Å²) in [5, 5.41) is 0. The average molecular weight is 303 g/mol. The number of hydrogen-bond acceptors (Lipinski definition) is 0. The van der Waals surface area contributed by atoms with Crippen LogP contribution in [0.2, 0.25) is 8.26 Å². The molecule has 0 aromatic rings. The Labute approximate surface area is 51.1 Å². The quantitative estimate of drug-likeness (QED) is 0.687. The zero-order valence-corrected chi connectivity index (χ0v) is 8.47. The van der Waals surface area contributed by atoms with E-state index in [1.54, 1.807) is 0 Å². The predicted molar refractivity (Wildman–Crippen MR) is 32.6 cm³/mol. The second kappa shape index (κ2) is 4.34. The van der Waals surface area contributed by atoms with Gasteiger partial charge in [-0.15, -0.1) is 0 Å². The molecule has 0 unspecified atom stereocenters. The third-order valence-electron chi connectivity index (χ3n) is 0.686. The van der Waals surface area contributed by atoms with Crippen LogP contribution in [0.3, 0.4) is 0 Å². The molecule has 0 aromatic heterocycles. The summed E-state index contributed by atoms with van der Waals surface area (Å²) in [7, 11) is 5.85. The Morgan fingerprint density at radius 2 is 1.67 bits per heavy atom. The van der Waals surface area contributed by atoms with Gasteiger partial charge in [0.25, 0.3) is 0 Å². The Balaban J connectivity index is 2.75. The fourth-order valence-electron chi connectivity index (χ4n) is 0.224. The molecule has 0 aliphatic carbocycles. The van der Waals surface area contributed by atoms with Crippen molar-refractivity contribution >= 4 is 29.1 Å². The topological polar surface area (TPSA) is 0 Å². The average Bonchev–Trinajstić information content (AvgIpc) is 1.65. The van der Waals surface area contributed by atoms with Crippen molar-refractivity contribution in [3.8, 4) is 0 Å². The Morgan fingerprint density at radius 1 is 1.33 bits per heavy atom. The molecule has 0 aromatic carbocycles. The van der Waals surface area contributed by atoms with Gasteiger partial charge in [0.15, 0.2) is 0 Å². The molecule has 0 saturated heterocycles.